The molecule has 8 nitrogen and oxygen atoms in total. The molecular formula is C26H46O8Si. The lowest BCUT2D eigenvalue weighted by Gasteiger charge is -2.39. The second-order valence-corrected chi connectivity index (χ2v) is 14.1. The van der Waals surface area contributed by atoms with E-state index in [0.717, 1.165) is 56.7 Å². The molecule has 1 aliphatic heterocycles. The summed E-state index contributed by atoms with van der Waals surface area (Å²) in [6, 6.07) is 3.29. The van der Waals surface area contributed by atoms with Gasteiger partial charge in [0.2, 0.25) is 0 Å². The Hall–Kier alpha value is -1.45. The van der Waals surface area contributed by atoms with Crippen molar-refractivity contribution in [2.24, 2.45) is 11.8 Å². The van der Waals surface area contributed by atoms with Crippen molar-refractivity contribution >= 4 is 26.2 Å². The number of hydrogen-bond donors (Lipinski definition) is 0. The first-order valence-corrected chi connectivity index (χ1v) is 16.1. The Labute approximate surface area is 211 Å². The van der Waals surface area contributed by atoms with Crippen molar-refractivity contribution in [1.82, 2.24) is 0 Å². The molecule has 2 aliphatic rings. The van der Waals surface area contributed by atoms with Crippen molar-refractivity contribution in [3.63, 3.8) is 0 Å². The Balaban J connectivity index is 2.28. The molecule has 6 atom stereocenters. The van der Waals surface area contributed by atoms with Crippen molar-refractivity contribution in [3.8, 4) is 0 Å². The van der Waals surface area contributed by atoms with Crippen LogP contribution in [0.3, 0.4) is 0 Å². The molecule has 0 radical (unpaired) electrons. The zero-order valence-electron chi connectivity index (χ0n) is 22.5. The van der Waals surface area contributed by atoms with Crippen LogP contribution in [0.5, 0.6) is 0 Å². The predicted molar refractivity (Wildman–Crippen MR) is 134 cm³/mol. The van der Waals surface area contributed by atoms with Crippen molar-refractivity contribution in [1.29, 1.82) is 0 Å². The first kappa shape index (κ1) is 29.8. The molecule has 0 bridgehead atoms. The molecule has 35 heavy (non-hydrogen) atoms. The van der Waals surface area contributed by atoms with Gasteiger partial charge in [-0.1, -0.05) is 59.3 Å². The van der Waals surface area contributed by atoms with Gasteiger partial charge < -0.3 is 23.4 Å². The zero-order chi connectivity index (χ0) is 26.0. The van der Waals surface area contributed by atoms with Crippen LogP contribution in [0, 0.1) is 11.8 Å². The summed E-state index contributed by atoms with van der Waals surface area (Å²) in [6.45, 7) is 11.5. The molecule has 0 aromatic heterocycles. The third kappa shape index (κ3) is 8.28. The van der Waals surface area contributed by atoms with E-state index >= 15 is 0 Å². The Bertz CT molecular complexity index is 677. The highest BCUT2D eigenvalue weighted by atomic mass is 28.4. The molecule has 1 saturated carbocycles. The fourth-order valence-corrected chi connectivity index (χ4v) is 9.96. The van der Waals surface area contributed by atoms with Gasteiger partial charge in [-0.3, -0.25) is 14.4 Å². The van der Waals surface area contributed by atoms with Gasteiger partial charge in [-0.05, 0) is 25.1 Å². The van der Waals surface area contributed by atoms with Crippen LogP contribution in [0.2, 0.25) is 18.1 Å². The first-order chi connectivity index (χ1) is 16.7. The molecule has 0 aromatic rings. The van der Waals surface area contributed by atoms with Gasteiger partial charge in [-0.2, -0.15) is 0 Å². The van der Waals surface area contributed by atoms with Crippen LogP contribution in [-0.2, 0) is 37.8 Å². The molecule has 1 heterocycles. The Morgan fingerprint density at radius 3 is 1.77 bits per heavy atom. The number of unbranched alkanes of at least 4 members (excludes halogenated alkanes) is 3. The lowest BCUT2D eigenvalue weighted by atomic mass is 10.00. The van der Waals surface area contributed by atoms with Crippen LogP contribution in [-0.4, -0.2) is 63.9 Å². The first-order valence-electron chi connectivity index (χ1n) is 13.5. The third-order valence-electron chi connectivity index (χ3n) is 7.08. The number of ether oxygens (including phenoxy) is 4. The summed E-state index contributed by atoms with van der Waals surface area (Å²) in [4.78, 5) is 36.5. The topological polar surface area (TPSA) is 97.4 Å². The molecule has 2 fully saturated rings. The summed E-state index contributed by atoms with van der Waals surface area (Å²) >= 11 is 0. The van der Waals surface area contributed by atoms with E-state index < -0.39 is 50.6 Å². The minimum Gasteiger partial charge on any atom is -0.466 e. The van der Waals surface area contributed by atoms with Crippen molar-refractivity contribution in [3.05, 3.63) is 0 Å². The Kier molecular flexibility index (Phi) is 12.2. The predicted octanol–water partition coefficient (Wildman–Crippen LogP) is 4.79. The maximum Gasteiger partial charge on any atom is 0.312 e. The van der Waals surface area contributed by atoms with E-state index in [1.54, 1.807) is 6.92 Å². The lowest BCUT2D eigenvalue weighted by Crippen LogP contribution is -2.53. The van der Waals surface area contributed by atoms with E-state index in [1.807, 2.05) is 0 Å². The molecule has 0 spiro atoms. The number of hydrogen-bond acceptors (Lipinski definition) is 8. The van der Waals surface area contributed by atoms with Crippen LogP contribution in [0.1, 0.15) is 80.1 Å². The highest BCUT2D eigenvalue weighted by molar-refractivity contribution is 6.73. The molecule has 1 aliphatic carbocycles. The van der Waals surface area contributed by atoms with Gasteiger partial charge in [0.15, 0.2) is 14.4 Å². The van der Waals surface area contributed by atoms with E-state index in [0.29, 0.717) is 0 Å². The second-order valence-electron chi connectivity index (χ2n) is 9.95. The summed E-state index contributed by atoms with van der Waals surface area (Å²) in [5.74, 6) is -2.27. The van der Waals surface area contributed by atoms with Crippen LogP contribution >= 0.6 is 0 Å². The van der Waals surface area contributed by atoms with Gasteiger partial charge >= 0.3 is 17.9 Å². The SMILES string of the molecule is CCCC[Si](CCCC)(CCCC)OC[C@H]1O[C@@H]2[C@@H](C(=O)OCC)[C@@H]2[C@@H](OC(C)=O)[C@@H]1OC(C)=O. The molecule has 9 heteroatoms. The van der Waals surface area contributed by atoms with Crippen molar-refractivity contribution in [2.75, 3.05) is 13.2 Å². The minimum atomic E-state index is -2.05. The molecular weight excluding hydrogens is 468 g/mol. The van der Waals surface area contributed by atoms with Gasteiger partial charge in [0.05, 0.1) is 25.2 Å². The van der Waals surface area contributed by atoms with E-state index in [1.165, 1.54) is 13.8 Å². The minimum absolute atomic E-state index is 0.257. The number of rotatable bonds is 16. The fourth-order valence-electron chi connectivity index (χ4n) is 5.26. The van der Waals surface area contributed by atoms with E-state index in [9.17, 15) is 14.4 Å². The van der Waals surface area contributed by atoms with Gasteiger partial charge in [0, 0.05) is 19.8 Å². The summed E-state index contributed by atoms with van der Waals surface area (Å²) in [7, 11) is -2.05. The highest BCUT2D eigenvalue weighted by Gasteiger charge is 2.68. The monoisotopic (exact) mass is 514 g/mol. The summed E-state index contributed by atoms with van der Waals surface area (Å²) < 4.78 is 29.6. The molecule has 1 saturated heterocycles. The van der Waals surface area contributed by atoms with Gasteiger partial charge in [0.25, 0.3) is 0 Å². The molecule has 2 rings (SSSR count). The molecule has 0 N–H and O–H groups in total. The Morgan fingerprint density at radius 1 is 0.800 bits per heavy atom. The Morgan fingerprint density at radius 2 is 1.31 bits per heavy atom. The number of fused-ring (bicyclic) bond motifs is 1. The van der Waals surface area contributed by atoms with E-state index in [-0.39, 0.29) is 25.1 Å². The van der Waals surface area contributed by atoms with Crippen LogP contribution in [0.15, 0.2) is 0 Å². The van der Waals surface area contributed by atoms with Crippen LogP contribution in [0.25, 0.3) is 0 Å². The zero-order valence-corrected chi connectivity index (χ0v) is 23.5. The van der Waals surface area contributed by atoms with E-state index in [2.05, 4.69) is 20.8 Å². The molecule has 202 valence electrons. The van der Waals surface area contributed by atoms with Crippen molar-refractivity contribution in [2.45, 2.75) is 123 Å². The standard InChI is InChI=1S/C26H46O8Si/c1-7-11-14-35(15-12-8-2,16-13-9-3)31-17-20-23(32-18(5)27)25(33-19(6)28)21-22(24(21)34-20)26(29)30-10-4/h20-25H,7-17H2,1-6H3/t20-,21+,22+,23-,24+,25-/m1/s1. The second kappa shape index (κ2) is 14.3. The van der Waals surface area contributed by atoms with Crippen LogP contribution in [0.4, 0.5) is 0 Å². The van der Waals surface area contributed by atoms with Gasteiger partial charge in [-0.15, -0.1) is 0 Å². The summed E-state index contributed by atoms with van der Waals surface area (Å²) in [5.41, 5.74) is 0. The average molecular weight is 515 g/mol. The maximum absolute atomic E-state index is 12.5. The molecule has 0 amide bonds. The number of carbonyl (C=O) groups excluding carboxylic acids is 3. The largest absolute Gasteiger partial charge is 0.466 e. The quantitative estimate of drug-likeness (QED) is 0.165. The molecule has 0 aromatic carbocycles. The molecule has 0 unspecified atom stereocenters. The van der Waals surface area contributed by atoms with Crippen LogP contribution < -0.4 is 0 Å². The number of esters is 3. The van der Waals surface area contributed by atoms with E-state index in [4.69, 9.17) is 23.4 Å². The normalized spacial score (nSPS) is 27.6. The third-order valence-corrected chi connectivity index (χ3v) is 11.7. The number of carbonyl (C=O) groups is 3. The highest BCUT2D eigenvalue weighted by Crippen LogP contribution is 2.52. The summed E-state index contributed by atoms with van der Waals surface area (Å²) in [5, 5.41) is 0. The average Bonchev–Trinajstić information content (AvgIpc) is 3.53. The fraction of sp³-hybridized carbons (Fsp3) is 0.885. The van der Waals surface area contributed by atoms with Gasteiger partial charge in [-0.25, -0.2) is 0 Å². The summed E-state index contributed by atoms with van der Waals surface area (Å²) in [6.07, 6.45) is 4.10. The van der Waals surface area contributed by atoms with Crippen molar-refractivity contribution < 1.29 is 37.8 Å². The van der Waals surface area contributed by atoms with Gasteiger partial charge in [0.1, 0.15) is 12.2 Å². The maximum atomic E-state index is 12.5. The lowest BCUT2D eigenvalue weighted by molar-refractivity contribution is -0.198. The smallest absolute Gasteiger partial charge is 0.312 e.